The van der Waals surface area contributed by atoms with Gasteiger partial charge in [-0.25, -0.2) is 4.68 Å². The number of rotatable bonds is 3. The van der Waals surface area contributed by atoms with E-state index in [1.165, 1.54) is 5.56 Å². The molecule has 5 rings (SSSR count). The first-order chi connectivity index (χ1) is 15.4. The number of halogens is 1. The summed E-state index contributed by atoms with van der Waals surface area (Å²) in [4.78, 5) is 15.3. The zero-order chi connectivity index (χ0) is 22.4. The van der Waals surface area contributed by atoms with Crippen LogP contribution < -0.4 is 0 Å². The van der Waals surface area contributed by atoms with Crippen LogP contribution in [0.1, 0.15) is 44.4 Å². The number of carbonyl (C=O) groups is 1. The maximum absolute atomic E-state index is 13.4. The third kappa shape index (κ3) is 3.48. The van der Waals surface area contributed by atoms with Crippen molar-refractivity contribution in [2.45, 2.75) is 26.3 Å². The topological polar surface area (TPSA) is 68.8 Å². The molecule has 1 amide bonds. The average molecular weight is 447 g/mol. The number of nitrogens with zero attached hydrogens (tertiary/aromatic N) is 6. The van der Waals surface area contributed by atoms with E-state index < -0.39 is 0 Å². The molecule has 0 saturated carbocycles. The molecule has 8 heteroatoms. The number of aromatic nitrogens is 5. The number of fused-ring (bicyclic) bond motifs is 1. The number of hydrogen-bond donors (Lipinski definition) is 0. The predicted molar refractivity (Wildman–Crippen MR) is 122 cm³/mol. The van der Waals surface area contributed by atoms with E-state index in [1.54, 1.807) is 16.9 Å². The summed E-state index contributed by atoms with van der Waals surface area (Å²) in [5.74, 6) is -0.0740. The maximum atomic E-state index is 13.4. The highest BCUT2D eigenvalue weighted by molar-refractivity contribution is 6.30. The number of benzene rings is 2. The smallest absolute Gasteiger partial charge is 0.276 e. The third-order valence-corrected chi connectivity index (χ3v) is 6.48. The highest BCUT2D eigenvalue weighted by Gasteiger charge is 2.32. The Balaban J connectivity index is 1.47. The van der Waals surface area contributed by atoms with Crippen LogP contribution in [0.25, 0.3) is 5.69 Å². The van der Waals surface area contributed by atoms with Gasteiger partial charge in [0.15, 0.2) is 5.69 Å². The Labute approximate surface area is 191 Å². The summed E-state index contributed by atoms with van der Waals surface area (Å²) < 4.78 is 3.50. The van der Waals surface area contributed by atoms with Gasteiger partial charge in [-0.15, -0.1) is 5.10 Å². The van der Waals surface area contributed by atoms with Gasteiger partial charge in [-0.1, -0.05) is 41.1 Å². The Bertz CT molecular complexity index is 1320. The van der Waals surface area contributed by atoms with Gasteiger partial charge in [-0.05, 0) is 48.7 Å². The first kappa shape index (κ1) is 20.5. The lowest BCUT2D eigenvalue weighted by Crippen LogP contribution is -2.39. The van der Waals surface area contributed by atoms with E-state index in [-0.39, 0.29) is 11.8 Å². The van der Waals surface area contributed by atoms with Crippen LogP contribution in [-0.4, -0.2) is 42.1 Å². The van der Waals surface area contributed by atoms with Gasteiger partial charge in [-0.3, -0.25) is 9.48 Å². The summed E-state index contributed by atoms with van der Waals surface area (Å²) in [6, 6.07) is 13.8. The molecular weight excluding hydrogens is 424 g/mol. The molecule has 4 aromatic rings. The largest absolute Gasteiger partial charge is 0.332 e. The molecule has 32 heavy (non-hydrogen) atoms. The van der Waals surface area contributed by atoms with Gasteiger partial charge in [-0.2, -0.15) is 5.10 Å². The summed E-state index contributed by atoms with van der Waals surface area (Å²) in [6.07, 6.45) is 3.59. The molecule has 162 valence electrons. The van der Waals surface area contributed by atoms with Crippen LogP contribution in [-0.2, 0) is 13.6 Å². The molecule has 0 spiro atoms. The van der Waals surface area contributed by atoms with E-state index in [0.717, 1.165) is 28.1 Å². The van der Waals surface area contributed by atoms with Gasteiger partial charge in [0.2, 0.25) is 0 Å². The SMILES string of the molecule is Cc1cc(Cl)ccc1-n1cc(C(=O)N2Cc3ccccc3C(c3cnn(C)c3C)C2)nn1. The zero-order valence-electron chi connectivity index (χ0n) is 18.2. The second-order valence-electron chi connectivity index (χ2n) is 8.23. The van der Waals surface area contributed by atoms with Crippen molar-refractivity contribution < 1.29 is 4.79 Å². The minimum absolute atomic E-state index is 0.0613. The van der Waals surface area contributed by atoms with E-state index in [0.29, 0.717) is 23.8 Å². The number of amides is 1. The standard InChI is InChI=1S/C24H23ClN6O/c1-15-10-18(25)8-9-23(15)31-14-22(27-28-31)24(32)30-12-17-6-4-5-7-19(17)21(13-30)20-11-26-29(3)16(20)2/h4-11,14,21H,12-13H2,1-3H3. The Morgan fingerprint density at radius 3 is 2.69 bits per heavy atom. The lowest BCUT2D eigenvalue weighted by atomic mass is 9.85. The average Bonchev–Trinajstić information content (AvgIpc) is 3.40. The fraction of sp³-hybridized carbons (Fsp3) is 0.250. The molecule has 0 saturated heterocycles. The highest BCUT2D eigenvalue weighted by atomic mass is 35.5. The number of hydrogen-bond acceptors (Lipinski definition) is 4. The fourth-order valence-corrected chi connectivity index (χ4v) is 4.63. The van der Waals surface area contributed by atoms with E-state index in [2.05, 4.69) is 40.5 Å². The van der Waals surface area contributed by atoms with Crippen molar-refractivity contribution in [3.8, 4) is 5.69 Å². The molecule has 7 nitrogen and oxygen atoms in total. The van der Waals surface area contributed by atoms with Crippen molar-refractivity contribution in [2.24, 2.45) is 7.05 Å². The molecule has 1 unspecified atom stereocenters. The fourth-order valence-electron chi connectivity index (χ4n) is 4.40. The van der Waals surface area contributed by atoms with Gasteiger partial charge in [0.25, 0.3) is 5.91 Å². The first-order valence-electron chi connectivity index (χ1n) is 10.5. The van der Waals surface area contributed by atoms with Crippen molar-refractivity contribution in [1.29, 1.82) is 0 Å². The van der Waals surface area contributed by atoms with E-state index >= 15 is 0 Å². The maximum Gasteiger partial charge on any atom is 0.276 e. The molecule has 2 aromatic carbocycles. The second kappa shape index (κ2) is 7.91. The minimum atomic E-state index is -0.135. The summed E-state index contributed by atoms with van der Waals surface area (Å²) >= 11 is 6.07. The molecule has 1 atom stereocenters. The minimum Gasteiger partial charge on any atom is -0.332 e. The lowest BCUT2D eigenvalue weighted by molar-refractivity contribution is 0.0718. The third-order valence-electron chi connectivity index (χ3n) is 6.25. The quantitative estimate of drug-likeness (QED) is 0.476. The van der Waals surface area contributed by atoms with Crippen LogP contribution in [0.4, 0.5) is 0 Å². The van der Waals surface area contributed by atoms with Crippen LogP contribution in [0.5, 0.6) is 0 Å². The Hall–Kier alpha value is -3.45. The van der Waals surface area contributed by atoms with Crippen LogP contribution in [0.2, 0.25) is 5.02 Å². The van der Waals surface area contributed by atoms with Crippen molar-refractivity contribution in [1.82, 2.24) is 29.7 Å². The summed E-state index contributed by atoms with van der Waals surface area (Å²) in [5.41, 5.74) is 6.74. The van der Waals surface area contributed by atoms with Gasteiger partial charge in [0, 0.05) is 42.3 Å². The molecular formula is C24H23ClN6O. The Kier molecular flexibility index (Phi) is 5.06. The molecule has 0 bridgehead atoms. The molecule has 3 heterocycles. The van der Waals surface area contributed by atoms with Crippen molar-refractivity contribution in [2.75, 3.05) is 6.54 Å². The number of carbonyl (C=O) groups excluding carboxylic acids is 1. The molecule has 2 aromatic heterocycles. The van der Waals surface area contributed by atoms with E-state index in [1.807, 2.05) is 47.9 Å². The van der Waals surface area contributed by atoms with Crippen molar-refractivity contribution in [3.63, 3.8) is 0 Å². The monoisotopic (exact) mass is 446 g/mol. The molecule has 1 aliphatic heterocycles. The van der Waals surface area contributed by atoms with E-state index in [9.17, 15) is 4.79 Å². The molecule has 0 aliphatic carbocycles. The van der Waals surface area contributed by atoms with Crippen LogP contribution >= 0.6 is 11.6 Å². The van der Waals surface area contributed by atoms with Gasteiger partial charge < -0.3 is 4.90 Å². The highest BCUT2D eigenvalue weighted by Crippen LogP contribution is 2.35. The predicted octanol–water partition coefficient (Wildman–Crippen LogP) is 4.06. The Morgan fingerprint density at radius 2 is 1.94 bits per heavy atom. The van der Waals surface area contributed by atoms with Crippen molar-refractivity contribution in [3.05, 3.63) is 93.5 Å². The summed E-state index contributed by atoms with van der Waals surface area (Å²) in [5, 5.41) is 13.5. The molecule has 1 aliphatic rings. The van der Waals surface area contributed by atoms with Crippen LogP contribution in [0.3, 0.4) is 0 Å². The van der Waals surface area contributed by atoms with Crippen LogP contribution in [0.15, 0.2) is 54.9 Å². The summed E-state index contributed by atoms with van der Waals surface area (Å²) in [6.45, 7) is 5.12. The van der Waals surface area contributed by atoms with Crippen molar-refractivity contribution >= 4 is 17.5 Å². The second-order valence-corrected chi connectivity index (χ2v) is 8.66. The first-order valence-corrected chi connectivity index (χ1v) is 10.8. The number of aryl methyl sites for hydroxylation is 2. The Morgan fingerprint density at radius 1 is 1.12 bits per heavy atom. The van der Waals surface area contributed by atoms with E-state index in [4.69, 9.17) is 11.6 Å². The lowest BCUT2D eigenvalue weighted by Gasteiger charge is -2.34. The molecule has 0 fully saturated rings. The summed E-state index contributed by atoms with van der Waals surface area (Å²) in [7, 11) is 1.94. The van der Waals surface area contributed by atoms with Gasteiger partial charge in [0.05, 0.1) is 18.1 Å². The van der Waals surface area contributed by atoms with Gasteiger partial charge in [0.1, 0.15) is 0 Å². The van der Waals surface area contributed by atoms with Gasteiger partial charge >= 0.3 is 0 Å². The zero-order valence-corrected chi connectivity index (χ0v) is 18.9. The normalized spacial score (nSPS) is 15.6. The molecule has 0 radical (unpaired) electrons. The van der Waals surface area contributed by atoms with Crippen LogP contribution in [0, 0.1) is 13.8 Å². The molecule has 0 N–H and O–H groups in total.